The van der Waals surface area contributed by atoms with Crippen LogP contribution >= 0.6 is 0 Å². The topological polar surface area (TPSA) is 18.5 Å². The largest absolute Gasteiger partial charge is 0.352 e. The van der Waals surface area contributed by atoms with Gasteiger partial charge in [0.1, 0.15) is 0 Å². The molecule has 2 atom stereocenters. The first-order chi connectivity index (χ1) is 6.83. The van der Waals surface area contributed by atoms with E-state index < -0.39 is 0 Å². The Morgan fingerprint density at radius 2 is 1.80 bits per heavy atom. The highest BCUT2D eigenvalue weighted by atomic mass is 16.7. The van der Waals surface area contributed by atoms with Crippen LogP contribution < -0.4 is 0 Å². The molecule has 0 bridgehead atoms. The molecule has 1 saturated heterocycles. The Labute approximate surface area is 94.3 Å². The smallest absolute Gasteiger partial charge is 0.158 e. The fourth-order valence-electron chi connectivity index (χ4n) is 2.34. The highest BCUT2D eigenvalue weighted by Gasteiger charge is 2.39. The first kappa shape index (κ1) is 13.0. The lowest BCUT2D eigenvalue weighted by Crippen LogP contribution is -2.48. The van der Waals surface area contributed by atoms with Crippen LogP contribution in [0.25, 0.3) is 0 Å². The van der Waals surface area contributed by atoms with E-state index in [9.17, 15) is 0 Å². The summed E-state index contributed by atoms with van der Waals surface area (Å²) < 4.78 is 11.8. The Bertz CT molecular complexity index is 197. The van der Waals surface area contributed by atoms with Crippen molar-refractivity contribution in [1.29, 1.82) is 0 Å². The lowest BCUT2D eigenvalue weighted by Gasteiger charge is -2.44. The zero-order valence-corrected chi connectivity index (χ0v) is 11.0. The minimum Gasteiger partial charge on any atom is -0.352 e. The van der Waals surface area contributed by atoms with E-state index in [0.717, 1.165) is 13.0 Å². The third-order valence-electron chi connectivity index (χ3n) is 2.98. The molecule has 0 amide bonds. The van der Waals surface area contributed by atoms with Crippen LogP contribution in [-0.4, -0.2) is 19.0 Å². The van der Waals surface area contributed by atoms with Gasteiger partial charge >= 0.3 is 0 Å². The summed E-state index contributed by atoms with van der Waals surface area (Å²) in [4.78, 5) is 0. The maximum absolute atomic E-state index is 6.05. The van der Waals surface area contributed by atoms with E-state index in [0.29, 0.717) is 17.9 Å². The molecule has 0 aromatic carbocycles. The van der Waals surface area contributed by atoms with Gasteiger partial charge in [-0.05, 0) is 11.8 Å². The zero-order valence-electron chi connectivity index (χ0n) is 11.0. The summed E-state index contributed by atoms with van der Waals surface area (Å²) in [5, 5.41) is 0. The van der Waals surface area contributed by atoms with Crippen LogP contribution in [0.3, 0.4) is 0 Å². The Morgan fingerprint density at radius 3 is 2.27 bits per heavy atom. The Morgan fingerprint density at radius 1 is 1.20 bits per heavy atom. The van der Waals surface area contributed by atoms with Gasteiger partial charge in [-0.15, -0.1) is 0 Å². The van der Waals surface area contributed by atoms with Crippen molar-refractivity contribution in [1.82, 2.24) is 0 Å². The van der Waals surface area contributed by atoms with Gasteiger partial charge in [0.05, 0.1) is 12.7 Å². The summed E-state index contributed by atoms with van der Waals surface area (Å²) in [6, 6.07) is 0. The Kier molecular flexibility index (Phi) is 4.19. The number of ether oxygens (including phenoxy) is 2. The van der Waals surface area contributed by atoms with Crippen LogP contribution in [0, 0.1) is 17.3 Å². The van der Waals surface area contributed by atoms with Crippen molar-refractivity contribution in [3.8, 4) is 0 Å². The van der Waals surface area contributed by atoms with Gasteiger partial charge in [0.2, 0.25) is 0 Å². The third-order valence-corrected chi connectivity index (χ3v) is 2.98. The first-order valence-corrected chi connectivity index (χ1v) is 6.10. The third kappa shape index (κ3) is 3.46. The molecule has 0 saturated carbocycles. The van der Waals surface area contributed by atoms with E-state index >= 15 is 0 Å². The average molecular weight is 214 g/mol. The molecule has 1 rings (SSSR count). The molecule has 1 heterocycles. The molecule has 1 aliphatic rings. The van der Waals surface area contributed by atoms with Gasteiger partial charge in [-0.1, -0.05) is 41.5 Å². The maximum Gasteiger partial charge on any atom is 0.158 e. The maximum atomic E-state index is 6.05. The molecule has 0 aliphatic carbocycles. The normalized spacial score (nSPS) is 31.2. The van der Waals surface area contributed by atoms with Crippen molar-refractivity contribution in [2.24, 2.45) is 17.3 Å². The van der Waals surface area contributed by atoms with Crippen LogP contribution in [0.1, 0.15) is 48.0 Å². The van der Waals surface area contributed by atoms with Gasteiger partial charge in [-0.3, -0.25) is 0 Å². The summed E-state index contributed by atoms with van der Waals surface area (Å²) >= 11 is 0. The highest BCUT2D eigenvalue weighted by molar-refractivity contribution is 4.84. The summed E-state index contributed by atoms with van der Waals surface area (Å²) in [7, 11) is 0. The molecule has 15 heavy (non-hydrogen) atoms. The molecule has 90 valence electrons. The molecule has 0 radical (unpaired) electrons. The number of hydrogen-bond donors (Lipinski definition) is 0. The lowest BCUT2D eigenvalue weighted by atomic mass is 9.80. The predicted molar refractivity (Wildman–Crippen MR) is 62.7 cm³/mol. The minimum absolute atomic E-state index is 0.00502. The van der Waals surface area contributed by atoms with Crippen LogP contribution in [0.15, 0.2) is 0 Å². The molecule has 2 nitrogen and oxygen atoms in total. The van der Waals surface area contributed by atoms with E-state index in [2.05, 4.69) is 41.5 Å². The van der Waals surface area contributed by atoms with Crippen molar-refractivity contribution in [2.75, 3.05) is 6.61 Å². The lowest BCUT2D eigenvalue weighted by molar-refractivity contribution is -0.273. The quantitative estimate of drug-likeness (QED) is 0.716. The van der Waals surface area contributed by atoms with E-state index in [1.165, 1.54) is 0 Å². The number of rotatable bonds is 3. The van der Waals surface area contributed by atoms with Gasteiger partial charge in [-0.2, -0.15) is 0 Å². The molecular weight excluding hydrogens is 188 g/mol. The van der Waals surface area contributed by atoms with Crippen LogP contribution in [0.4, 0.5) is 0 Å². The monoisotopic (exact) mass is 214 g/mol. The summed E-state index contributed by atoms with van der Waals surface area (Å²) in [5.41, 5.74) is 0.141. The zero-order chi connectivity index (χ0) is 11.6. The molecule has 1 aliphatic heterocycles. The molecule has 0 aromatic rings. The number of hydrogen-bond acceptors (Lipinski definition) is 2. The van der Waals surface area contributed by atoms with Crippen molar-refractivity contribution >= 4 is 0 Å². The van der Waals surface area contributed by atoms with E-state index in [4.69, 9.17) is 9.47 Å². The molecule has 0 unspecified atom stereocenters. The minimum atomic E-state index is 0.00502. The van der Waals surface area contributed by atoms with Crippen LogP contribution in [0.2, 0.25) is 0 Å². The van der Waals surface area contributed by atoms with E-state index in [1.807, 2.05) is 0 Å². The van der Waals surface area contributed by atoms with Gasteiger partial charge in [-0.25, -0.2) is 0 Å². The highest BCUT2D eigenvalue weighted by Crippen LogP contribution is 2.35. The van der Waals surface area contributed by atoms with Gasteiger partial charge in [0.25, 0.3) is 0 Å². The first-order valence-electron chi connectivity index (χ1n) is 6.10. The van der Waals surface area contributed by atoms with Crippen molar-refractivity contribution in [2.45, 2.75) is 60.4 Å². The summed E-state index contributed by atoms with van der Waals surface area (Å²) in [6.07, 6.45) is 1.32. The SMILES string of the molecule is CC(C)C[C@@H]1OCC(C)(C)[C@@H](C(C)C)O1. The van der Waals surface area contributed by atoms with Crippen molar-refractivity contribution in [3.05, 3.63) is 0 Å². The molecular formula is C13H26O2. The summed E-state index contributed by atoms with van der Waals surface area (Å²) in [6.45, 7) is 14.1. The Balaban J connectivity index is 2.58. The van der Waals surface area contributed by atoms with Crippen LogP contribution in [0.5, 0.6) is 0 Å². The molecule has 0 aromatic heterocycles. The molecule has 1 fully saturated rings. The van der Waals surface area contributed by atoms with Gasteiger partial charge in [0.15, 0.2) is 6.29 Å². The second-order valence-corrected chi connectivity index (χ2v) is 6.16. The van der Waals surface area contributed by atoms with Crippen molar-refractivity contribution in [3.63, 3.8) is 0 Å². The fraction of sp³-hybridized carbons (Fsp3) is 1.00. The molecule has 0 spiro atoms. The Hall–Kier alpha value is -0.0800. The fourth-order valence-corrected chi connectivity index (χ4v) is 2.34. The van der Waals surface area contributed by atoms with E-state index in [1.54, 1.807) is 0 Å². The second-order valence-electron chi connectivity index (χ2n) is 6.16. The molecule has 2 heteroatoms. The summed E-state index contributed by atoms with van der Waals surface area (Å²) in [5.74, 6) is 1.18. The van der Waals surface area contributed by atoms with Gasteiger partial charge in [0, 0.05) is 11.8 Å². The van der Waals surface area contributed by atoms with Crippen LogP contribution in [-0.2, 0) is 9.47 Å². The standard InChI is InChI=1S/C13H26O2/c1-9(2)7-11-14-8-13(5,6)12(15-11)10(3)4/h9-12H,7-8H2,1-6H3/t11-,12-/m1/s1. The van der Waals surface area contributed by atoms with Gasteiger partial charge < -0.3 is 9.47 Å². The van der Waals surface area contributed by atoms with E-state index in [-0.39, 0.29) is 11.7 Å². The average Bonchev–Trinajstić information content (AvgIpc) is 2.06. The predicted octanol–water partition coefficient (Wildman–Crippen LogP) is 3.46. The van der Waals surface area contributed by atoms with Crippen molar-refractivity contribution < 1.29 is 9.47 Å². The second kappa shape index (κ2) is 4.84. The molecule has 0 N–H and O–H groups in total.